The zero-order valence-electron chi connectivity index (χ0n) is 11.6. The zero-order valence-corrected chi connectivity index (χ0v) is 13.2. The van der Waals surface area contributed by atoms with Gasteiger partial charge in [0.2, 0.25) is 0 Å². The van der Waals surface area contributed by atoms with E-state index in [1.54, 1.807) is 6.07 Å². The summed E-state index contributed by atoms with van der Waals surface area (Å²) in [6.45, 7) is 4.21. The minimum Gasteiger partial charge on any atom is -0.302 e. The first-order chi connectivity index (χ1) is 9.61. The van der Waals surface area contributed by atoms with Crippen molar-refractivity contribution in [1.82, 2.24) is 10.3 Å². The van der Waals surface area contributed by atoms with Gasteiger partial charge in [-0.25, -0.2) is 4.39 Å². The third kappa shape index (κ3) is 3.64. The van der Waals surface area contributed by atoms with E-state index < -0.39 is 0 Å². The fourth-order valence-electron chi connectivity index (χ4n) is 2.22. The van der Waals surface area contributed by atoms with Gasteiger partial charge in [-0.05, 0) is 37.1 Å². The van der Waals surface area contributed by atoms with Crippen LogP contribution in [0.4, 0.5) is 4.39 Å². The summed E-state index contributed by atoms with van der Waals surface area (Å²) in [5.74, 6) is -0.303. The first-order valence-corrected chi connectivity index (χ1v) is 7.53. The lowest BCUT2D eigenvalue weighted by molar-refractivity contribution is 0.446. The predicted octanol–water partition coefficient (Wildman–Crippen LogP) is 4.79. The van der Waals surface area contributed by atoms with Gasteiger partial charge in [-0.3, -0.25) is 4.98 Å². The van der Waals surface area contributed by atoms with Crippen LogP contribution in [0, 0.1) is 5.82 Å². The van der Waals surface area contributed by atoms with Gasteiger partial charge in [-0.15, -0.1) is 0 Å². The second kappa shape index (κ2) is 6.95. The highest BCUT2D eigenvalue weighted by Crippen LogP contribution is 2.26. The molecule has 0 spiro atoms. The smallest absolute Gasteiger partial charge is 0.141 e. The van der Waals surface area contributed by atoms with Crippen LogP contribution in [-0.4, -0.2) is 4.98 Å². The van der Waals surface area contributed by atoms with E-state index in [4.69, 9.17) is 0 Å². The monoisotopic (exact) mass is 336 g/mol. The predicted molar refractivity (Wildman–Crippen MR) is 82.9 cm³/mol. The van der Waals surface area contributed by atoms with Crippen molar-refractivity contribution in [2.75, 3.05) is 0 Å². The van der Waals surface area contributed by atoms with Gasteiger partial charge in [-0.2, -0.15) is 0 Å². The number of hydrogen-bond donors (Lipinski definition) is 1. The Labute approximate surface area is 127 Å². The van der Waals surface area contributed by atoms with Crippen LogP contribution < -0.4 is 5.32 Å². The summed E-state index contributed by atoms with van der Waals surface area (Å²) in [6.07, 6.45) is 2.16. The maximum atomic E-state index is 12.9. The molecular formula is C16H18BrFN2. The van der Waals surface area contributed by atoms with Crippen molar-refractivity contribution in [3.8, 4) is 0 Å². The van der Waals surface area contributed by atoms with E-state index >= 15 is 0 Å². The maximum absolute atomic E-state index is 12.9. The van der Waals surface area contributed by atoms with Gasteiger partial charge in [0.1, 0.15) is 5.82 Å². The summed E-state index contributed by atoms with van der Waals surface area (Å²) < 4.78 is 14.0. The molecule has 2 rings (SSSR count). The summed E-state index contributed by atoms with van der Waals surface area (Å²) in [5, 5.41) is 3.54. The molecule has 1 heterocycles. The van der Waals surface area contributed by atoms with Gasteiger partial charge in [0, 0.05) is 16.6 Å². The number of rotatable bonds is 5. The summed E-state index contributed by atoms with van der Waals surface area (Å²) in [5.41, 5.74) is 2.07. The molecule has 1 aromatic heterocycles. The van der Waals surface area contributed by atoms with Gasteiger partial charge in [0.05, 0.1) is 11.9 Å². The highest BCUT2D eigenvalue weighted by Gasteiger charge is 2.16. The molecule has 1 N–H and O–H groups in total. The Morgan fingerprint density at radius 1 is 1.25 bits per heavy atom. The molecule has 2 nitrogen and oxygen atoms in total. The minimum atomic E-state index is -0.303. The number of pyridine rings is 1. The van der Waals surface area contributed by atoms with E-state index in [2.05, 4.69) is 46.1 Å². The Balaban J connectivity index is 2.14. The van der Waals surface area contributed by atoms with Crippen LogP contribution >= 0.6 is 15.9 Å². The van der Waals surface area contributed by atoms with Crippen molar-refractivity contribution in [2.45, 2.75) is 32.4 Å². The number of nitrogens with one attached hydrogen (secondary N) is 1. The summed E-state index contributed by atoms with van der Waals surface area (Å²) in [7, 11) is 0. The van der Waals surface area contributed by atoms with Gasteiger partial charge in [-0.1, -0.05) is 41.1 Å². The lowest BCUT2D eigenvalue weighted by Crippen LogP contribution is -2.25. The van der Waals surface area contributed by atoms with Crippen LogP contribution in [0.3, 0.4) is 0 Å². The van der Waals surface area contributed by atoms with Crippen LogP contribution in [0.5, 0.6) is 0 Å². The molecule has 0 aliphatic rings. The lowest BCUT2D eigenvalue weighted by atomic mass is 10.0. The van der Waals surface area contributed by atoms with E-state index in [9.17, 15) is 4.39 Å². The van der Waals surface area contributed by atoms with E-state index in [1.807, 2.05) is 18.2 Å². The summed E-state index contributed by atoms with van der Waals surface area (Å²) in [6, 6.07) is 11.6. The molecule has 0 radical (unpaired) electrons. The number of aromatic nitrogens is 1. The van der Waals surface area contributed by atoms with E-state index in [1.165, 1.54) is 17.8 Å². The van der Waals surface area contributed by atoms with Crippen molar-refractivity contribution in [3.63, 3.8) is 0 Å². The molecule has 4 heteroatoms. The number of halogens is 2. The summed E-state index contributed by atoms with van der Waals surface area (Å²) in [4.78, 5) is 4.17. The first kappa shape index (κ1) is 15.1. The molecule has 0 aliphatic carbocycles. The number of benzene rings is 1. The van der Waals surface area contributed by atoms with Crippen molar-refractivity contribution in [1.29, 1.82) is 0 Å². The highest BCUT2D eigenvalue weighted by atomic mass is 79.9. The molecule has 2 aromatic rings. The zero-order chi connectivity index (χ0) is 14.5. The largest absolute Gasteiger partial charge is 0.302 e. The molecule has 2 atom stereocenters. The Kier molecular flexibility index (Phi) is 5.26. The fourth-order valence-corrected chi connectivity index (χ4v) is 2.85. The second-order valence-corrected chi connectivity index (χ2v) is 5.63. The Hall–Kier alpha value is -1.26. The highest BCUT2D eigenvalue weighted by molar-refractivity contribution is 9.10. The molecule has 106 valence electrons. The topological polar surface area (TPSA) is 24.9 Å². The minimum absolute atomic E-state index is 0.109. The van der Waals surface area contributed by atoms with Crippen LogP contribution in [0.2, 0.25) is 0 Å². The van der Waals surface area contributed by atoms with Gasteiger partial charge in [0.15, 0.2) is 0 Å². The molecule has 1 aromatic carbocycles. The third-order valence-electron chi connectivity index (χ3n) is 3.34. The first-order valence-electron chi connectivity index (χ1n) is 6.73. The van der Waals surface area contributed by atoms with Gasteiger partial charge < -0.3 is 5.32 Å². The second-order valence-electron chi connectivity index (χ2n) is 4.77. The molecule has 2 unspecified atom stereocenters. The van der Waals surface area contributed by atoms with Crippen molar-refractivity contribution in [3.05, 3.63) is 64.1 Å². The van der Waals surface area contributed by atoms with Crippen LogP contribution in [0.15, 0.2) is 47.1 Å². The molecule has 20 heavy (non-hydrogen) atoms. The number of hydrogen-bond acceptors (Lipinski definition) is 2. The van der Waals surface area contributed by atoms with Crippen LogP contribution in [-0.2, 0) is 0 Å². The average Bonchev–Trinajstić information content (AvgIpc) is 2.46. The molecule has 0 fully saturated rings. The van der Waals surface area contributed by atoms with Crippen LogP contribution in [0.25, 0.3) is 0 Å². The Morgan fingerprint density at radius 3 is 2.60 bits per heavy atom. The van der Waals surface area contributed by atoms with Crippen molar-refractivity contribution < 1.29 is 4.39 Å². The maximum Gasteiger partial charge on any atom is 0.141 e. The van der Waals surface area contributed by atoms with Crippen molar-refractivity contribution in [2.24, 2.45) is 0 Å². The molecular weight excluding hydrogens is 319 g/mol. The van der Waals surface area contributed by atoms with Gasteiger partial charge in [0.25, 0.3) is 0 Å². The van der Waals surface area contributed by atoms with E-state index in [0.717, 1.165) is 16.6 Å². The third-order valence-corrected chi connectivity index (χ3v) is 4.06. The molecule has 0 saturated heterocycles. The number of nitrogens with zero attached hydrogens (tertiary/aromatic N) is 1. The quantitative estimate of drug-likeness (QED) is 0.849. The molecule has 0 amide bonds. The van der Waals surface area contributed by atoms with E-state index in [-0.39, 0.29) is 17.9 Å². The van der Waals surface area contributed by atoms with Gasteiger partial charge >= 0.3 is 0 Å². The molecule has 0 bridgehead atoms. The average molecular weight is 337 g/mol. The SMILES string of the molecule is CCC(NC(C)c1ccccc1Br)c1ccc(F)cn1. The fraction of sp³-hybridized carbons (Fsp3) is 0.312. The van der Waals surface area contributed by atoms with Crippen molar-refractivity contribution >= 4 is 15.9 Å². The standard InChI is InChI=1S/C16H18BrFN2/c1-3-15(16-9-8-12(18)10-19-16)20-11(2)13-6-4-5-7-14(13)17/h4-11,15,20H,3H2,1-2H3. The normalized spacial score (nSPS) is 14.0. The molecule has 0 aliphatic heterocycles. The molecule has 0 saturated carbocycles. The lowest BCUT2D eigenvalue weighted by Gasteiger charge is -2.23. The Morgan fingerprint density at radius 2 is 2.00 bits per heavy atom. The Bertz CT molecular complexity index is 557. The van der Waals surface area contributed by atoms with Crippen LogP contribution in [0.1, 0.15) is 43.6 Å². The van der Waals surface area contributed by atoms with E-state index in [0.29, 0.717) is 0 Å². The summed E-state index contributed by atoms with van der Waals surface area (Å²) >= 11 is 3.57.